The van der Waals surface area contributed by atoms with Gasteiger partial charge in [-0.3, -0.25) is 9.48 Å². The van der Waals surface area contributed by atoms with E-state index >= 15 is 0 Å². The molecule has 0 aliphatic carbocycles. The summed E-state index contributed by atoms with van der Waals surface area (Å²) in [6, 6.07) is 10.4. The third kappa shape index (κ3) is 8.92. The number of amides is 2. The van der Waals surface area contributed by atoms with Crippen LogP contribution in [0.3, 0.4) is 0 Å². The summed E-state index contributed by atoms with van der Waals surface area (Å²) in [5, 5.41) is 10.7. The van der Waals surface area contributed by atoms with Gasteiger partial charge in [0.2, 0.25) is 0 Å². The summed E-state index contributed by atoms with van der Waals surface area (Å²) < 4.78 is 31.5. The fourth-order valence-electron chi connectivity index (χ4n) is 4.23. The molecule has 0 spiro atoms. The van der Waals surface area contributed by atoms with Crippen molar-refractivity contribution < 1.29 is 33.0 Å². The lowest BCUT2D eigenvalue weighted by Gasteiger charge is -2.28. The Morgan fingerprint density at radius 1 is 1.00 bits per heavy atom. The van der Waals surface area contributed by atoms with E-state index in [0.29, 0.717) is 42.6 Å². The summed E-state index contributed by atoms with van der Waals surface area (Å²) in [4.78, 5) is 37.8. The summed E-state index contributed by atoms with van der Waals surface area (Å²) in [5.74, 6) is -0.934. The molecule has 3 rings (SSSR count). The highest BCUT2D eigenvalue weighted by molar-refractivity contribution is 6.07. The summed E-state index contributed by atoms with van der Waals surface area (Å²) in [5.41, 5.74) is 0.312. The lowest BCUT2D eigenvalue weighted by molar-refractivity contribution is -0.145. The number of carbonyl (C=O) groups is 3. The molecule has 0 aliphatic rings. The number of nitrogens with zero attached hydrogens (tertiary/aromatic N) is 2. The quantitative estimate of drug-likeness (QED) is 0.234. The van der Waals surface area contributed by atoms with E-state index in [1.54, 1.807) is 55.8 Å². The van der Waals surface area contributed by atoms with Crippen molar-refractivity contribution in [3.05, 3.63) is 59.5 Å². The Bertz CT molecular complexity index is 1390. The number of alkyl carbamates (subject to hydrolysis) is 1. The van der Waals surface area contributed by atoms with Gasteiger partial charge >= 0.3 is 12.1 Å². The molecule has 0 bridgehead atoms. The Hall–Kier alpha value is -4.15. The van der Waals surface area contributed by atoms with Gasteiger partial charge in [-0.15, -0.1) is 0 Å². The van der Waals surface area contributed by atoms with E-state index in [-0.39, 0.29) is 18.1 Å². The Morgan fingerprint density at radius 2 is 1.69 bits per heavy atom. The van der Waals surface area contributed by atoms with E-state index in [1.807, 2.05) is 20.8 Å². The van der Waals surface area contributed by atoms with E-state index < -0.39 is 35.0 Å². The standard InChI is InChI=1S/C31H41FN4O6/c1-30(2,3)26(28(38)40-7)34-27(37)24-22-11-10-12-23(41-18-9-8-17-33-29(39)42-31(4,5)6)25(22)36(35-24)19-20-13-15-21(32)16-14-20/h10-16,26H,8-9,17-19H2,1-7H3,(H,33,39)(H,34,37)/t26-/m1/s1. The predicted octanol–water partition coefficient (Wildman–Crippen LogP) is 5.22. The van der Waals surface area contributed by atoms with Gasteiger partial charge in [-0.1, -0.05) is 45.0 Å². The summed E-state index contributed by atoms with van der Waals surface area (Å²) in [6.45, 7) is 11.9. The molecule has 2 amide bonds. The molecule has 11 heteroatoms. The molecule has 0 saturated carbocycles. The monoisotopic (exact) mass is 584 g/mol. The van der Waals surface area contributed by atoms with Crippen molar-refractivity contribution in [2.75, 3.05) is 20.3 Å². The Labute approximate surface area is 245 Å². The van der Waals surface area contributed by atoms with Crippen LogP contribution in [0.5, 0.6) is 5.75 Å². The fourth-order valence-corrected chi connectivity index (χ4v) is 4.23. The number of aromatic nitrogens is 2. The van der Waals surface area contributed by atoms with E-state index in [2.05, 4.69) is 15.7 Å². The highest BCUT2D eigenvalue weighted by Crippen LogP contribution is 2.30. The number of fused-ring (bicyclic) bond motifs is 1. The third-order valence-electron chi connectivity index (χ3n) is 6.27. The van der Waals surface area contributed by atoms with Gasteiger partial charge in [-0.2, -0.15) is 5.10 Å². The first kappa shape index (κ1) is 32.4. The molecule has 0 unspecified atom stereocenters. The van der Waals surface area contributed by atoms with Gasteiger partial charge in [-0.25, -0.2) is 14.0 Å². The molecule has 0 fully saturated rings. The molecule has 1 heterocycles. The number of esters is 1. The van der Waals surface area contributed by atoms with Crippen LogP contribution < -0.4 is 15.4 Å². The van der Waals surface area contributed by atoms with Crippen LogP contribution in [-0.2, 0) is 20.8 Å². The first-order chi connectivity index (χ1) is 19.7. The van der Waals surface area contributed by atoms with E-state index in [9.17, 15) is 18.8 Å². The molecular weight excluding hydrogens is 543 g/mol. The molecule has 10 nitrogen and oxygen atoms in total. The number of hydrogen-bond donors (Lipinski definition) is 2. The number of benzene rings is 2. The Kier molecular flexibility index (Phi) is 10.5. The topological polar surface area (TPSA) is 121 Å². The van der Waals surface area contributed by atoms with E-state index in [1.165, 1.54) is 19.2 Å². The number of carbonyl (C=O) groups excluding carboxylic acids is 3. The molecule has 228 valence electrons. The normalized spacial score (nSPS) is 12.5. The van der Waals surface area contributed by atoms with Crippen molar-refractivity contribution in [3.8, 4) is 5.75 Å². The minimum atomic E-state index is -0.902. The van der Waals surface area contributed by atoms with Gasteiger partial charge in [0.05, 0.1) is 20.3 Å². The maximum atomic E-state index is 13.5. The highest BCUT2D eigenvalue weighted by atomic mass is 19.1. The van der Waals surface area contributed by atoms with E-state index in [4.69, 9.17) is 14.2 Å². The van der Waals surface area contributed by atoms with Crippen LogP contribution in [-0.4, -0.2) is 59.7 Å². The molecule has 3 aromatic rings. The van der Waals surface area contributed by atoms with Gasteiger partial charge in [0.15, 0.2) is 5.69 Å². The minimum Gasteiger partial charge on any atom is -0.491 e. The second-order valence-electron chi connectivity index (χ2n) is 12.1. The van der Waals surface area contributed by atoms with Crippen LogP contribution in [0.2, 0.25) is 0 Å². The number of hydrogen-bond acceptors (Lipinski definition) is 7. The van der Waals surface area contributed by atoms with Crippen molar-refractivity contribution in [1.29, 1.82) is 0 Å². The Balaban J connectivity index is 1.83. The lowest BCUT2D eigenvalue weighted by atomic mass is 9.86. The summed E-state index contributed by atoms with van der Waals surface area (Å²) in [7, 11) is 1.28. The van der Waals surface area contributed by atoms with Gasteiger partial charge in [-0.05, 0) is 62.8 Å². The average Bonchev–Trinajstić information content (AvgIpc) is 3.27. The van der Waals surface area contributed by atoms with Gasteiger partial charge < -0.3 is 24.8 Å². The third-order valence-corrected chi connectivity index (χ3v) is 6.27. The molecule has 0 radical (unpaired) electrons. The van der Waals surface area contributed by atoms with Crippen LogP contribution in [0.4, 0.5) is 9.18 Å². The second-order valence-corrected chi connectivity index (χ2v) is 12.1. The molecule has 42 heavy (non-hydrogen) atoms. The zero-order valence-corrected chi connectivity index (χ0v) is 25.4. The maximum Gasteiger partial charge on any atom is 0.407 e. The average molecular weight is 585 g/mol. The fraction of sp³-hybridized carbons (Fsp3) is 0.484. The van der Waals surface area contributed by atoms with Crippen molar-refractivity contribution in [2.45, 2.75) is 72.6 Å². The number of nitrogens with one attached hydrogen (secondary N) is 2. The molecular formula is C31H41FN4O6. The molecule has 1 aromatic heterocycles. The van der Waals surface area contributed by atoms with Gasteiger partial charge in [0, 0.05) is 11.9 Å². The Morgan fingerprint density at radius 3 is 2.31 bits per heavy atom. The van der Waals surface area contributed by atoms with Crippen LogP contribution >= 0.6 is 0 Å². The number of unbranched alkanes of at least 4 members (excludes halogenated alkanes) is 1. The van der Waals surface area contributed by atoms with Crippen molar-refractivity contribution >= 4 is 28.9 Å². The second kappa shape index (κ2) is 13.7. The maximum absolute atomic E-state index is 13.5. The molecule has 0 saturated heterocycles. The minimum absolute atomic E-state index is 0.122. The van der Waals surface area contributed by atoms with Crippen molar-refractivity contribution in [1.82, 2.24) is 20.4 Å². The van der Waals surface area contributed by atoms with Crippen LogP contribution in [0.1, 0.15) is 70.4 Å². The van der Waals surface area contributed by atoms with Crippen molar-refractivity contribution in [3.63, 3.8) is 0 Å². The van der Waals surface area contributed by atoms with Crippen LogP contribution in [0.25, 0.3) is 10.9 Å². The lowest BCUT2D eigenvalue weighted by Crippen LogP contribution is -2.49. The molecule has 2 N–H and O–H groups in total. The molecule has 1 atom stereocenters. The zero-order chi connectivity index (χ0) is 31.1. The highest BCUT2D eigenvalue weighted by Gasteiger charge is 2.35. The van der Waals surface area contributed by atoms with E-state index in [0.717, 1.165) is 5.56 Å². The molecule has 2 aromatic carbocycles. The predicted molar refractivity (Wildman–Crippen MR) is 157 cm³/mol. The molecule has 0 aliphatic heterocycles. The zero-order valence-electron chi connectivity index (χ0n) is 25.4. The first-order valence-electron chi connectivity index (χ1n) is 13.9. The van der Waals surface area contributed by atoms with Crippen LogP contribution in [0.15, 0.2) is 42.5 Å². The van der Waals surface area contributed by atoms with Gasteiger partial charge in [0.25, 0.3) is 5.91 Å². The van der Waals surface area contributed by atoms with Crippen LogP contribution in [0, 0.1) is 11.2 Å². The number of halogens is 1. The largest absolute Gasteiger partial charge is 0.491 e. The summed E-state index contributed by atoms with van der Waals surface area (Å²) >= 11 is 0. The van der Waals surface area contributed by atoms with Crippen molar-refractivity contribution in [2.24, 2.45) is 5.41 Å². The number of para-hydroxylation sites is 1. The van der Waals surface area contributed by atoms with Gasteiger partial charge in [0.1, 0.15) is 28.7 Å². The number of rotatable bonds is 11. The SMILES string of the molecule is COC(=O)[C@@H](NC(=O)c1nn(Cc2ccc(F)cc2)c2c(OCCCCNC(=O)OC(C)(C)C)cccc12)C(C)(C)C. The summed E-state index contributed by atoms with van der Waals surface area (Å²) in [6.07, 6.45) is 0.849. The first-order valence-corrected chi connectivity index (χ1v) is 13.9. The number of ether oxygens (including phenoxy) is 3. The smallest absolute Gasteiger partial charge is 0.407 e. The number of methoxy groups -OCH3 is 1.